The van der Waals surface area contributed by atoms with Crippen molar-refractivity contribution >= 4 is 17.8 Å². The minimum atomic E-state index is -2.75. The van der Waals surface area contributed by atoms with E-state index in [1.807, 2.05) is 73.7 Å². The second kappa shape index (κ2) is 9.75. The Hall–Kier alpha value is -1.63. The van der Waals surface area contributed by atoms with Gasteiger partial charge < -0.3 is 9.67 Å². The van der Waals surface area contributed by atoms with Crippen molar-refractivity contribution in [3.05, 3.63) is 72.3 Å². The highest BCUT2D eigenvalue weighted by Gasteiger charge is 2.27. The van der Waals surface area contributed by atoms with Crippen LogP contribution in [0.4, 0.5) is 0 Å². The van der Waals surface area contributed by atoms with Gasteiger partial charge in [-0.3, -0.25) is 0 Å². The summed E-state index contributed by atoms with van der Waals surface area (Å²) in [6.07, 6.45) is 5.97. The topological polar surface area (TPSA) is 37.3 Å². The third kappa shape index (κ3) is 5.70. The summed E-state index contributed by atoms with van der Waals surface area (Å²) in [6, 6.07) is 19.4. The average Bonchev–Trinajstić information content (AvgIpc) is 2.63. The van der Waals surface area contributed by atoms with Crippen molar-refractivity contribution in [2.75, 3.05) is 6.16 Å². The Morgan fingerprint density at radius 1 is 1.00 bits per heavy atom. The largest absolute Gasteiger partial charge is 0.389 e. The van der Waals surface area contributed by atoms with Crippen molar-refractivity contribution in [2.24, 2.45) is 0 Å². The van der Waals surface area contributed by atoms with Crippen LogP contribution in [-0.2, 0) is 4.57 Å². The van der Waals surface area contributed by atoms with Crippen molar-refractivity contribution in [3.8, 4) is 0 Å². The molecule has 0 bridgehead atoms. The van der Waals surface area contributed by atoms with Gasteiger partial charge in [0, 0.05) is 16.8 Å². The second-order valence-electron chi connectivity index (χ2n) is 6.65. The van der Waals surface area contributed by atoms with Crippen LogP contribution in [0.25, 0.3) is 0 Å². The fourth-order valence-corrected chi connectivity index (χ4v) is 5.87. The summed E-state index contributed by atoms with van der Waals surface area (Å²) < 4.78 is 13.9. The molecule has 0 saturated heterocycles. The smallest absolute Gasteiger partial charge is 0.147 e. The van der Waals surface area contributed by atoms with E-state index in [1.54, 1.807) is 0 Å². The Kier molecular flexibility index (Phi) is 7.68. The highest BCUT2D eigenvalue weighted by atomic mass is 31.2. The molecule has 2 aromatic carbocycles. The minimum Gasteiger partial charge on any atom is -0.389 e. The molecule has 0 heterocycles. The zero-order chi connectivity index (χ0) is 18.1. The van der Waals surface area contributed by atoms with Crippen LogP contribution in [0, 0.1) is 0 Å². The molecule has 0 fully saturated rings. The average molecular weight is 356 g/mol. The molecule has 0 amide bonds. The maximum atomic E-state index is 13.9. The fraction of sp³-hybridized carbons (Fsp3) is 0.364. The van der Waals surface area contributed by atoms with Gasteiger partial charge in [-0.2, -0.15) is 0 Å². The number of rotatable bonds is 9. The number of hydrogen-bond acceptors (Lipinski definition) is 2. The molecule has 0 saturated carbocycles. The number of hydrogen-bond donors (Lipinski definition) is 1. The van der Waals surface area contributed by atoms with Crippen molar-refractivity contribution in [2.45, 2.75) is 45.6 Å². The van der Waals surface area contributed by atoms with Gasteiger partial charge in [0.15, 0.2) is 0 Å². The molecule has 0 spiro atoms. The highest BCUT2D eigenvalue weighted by Crippen LogP contribution is 2.45. The summed E-state index contributed by atoms with van der Waals surface area (Å²) >= 11 is 0. The highest BCUT2D eigenvalue weighted by molar-refractivity contribution is 7.78. The van der Waals surface area contributed by atoms with Gasteiger partial charge in [-0.15, -0.1) is 0 Å². The number of unbranched alkanes of at least 4 members (excludes halogenated alkanes) is 2. The second-order valence-corrected chi connectivity index (χ2v) is 9.47. The molecule has 134 valence electrons. The van der Waals surface area contributed by atoms with E-state index in [0.29, 0.717) is 6.16 Å². The predicted octanol–water partition coefficient (Wildman–Crippen LogP) is 4.89. The molecule has 2 nitrogen and oxygen atoms in total. The maximum absolute atomic E-state index is 13.9. The number of aliphatic hydroxyl groups is 1. The minimum absolute atomic E-state index is 0.452. The summed E-state index contributed by atoms with van der Waals surface area (Å²) in [7, 11) is -2.75. The monoisotopic (exact) mass is 356 g/mol. The van der Waals surface area contributed by atoms with Crippen LogP contribution in [-0.4, -0.2) is 17.4 Å². The summed E-state index contributed by atoms with van der Waals surface area (Å²) in [4.78, 5) is 0. The Bertz CT molecular complexity index is 664. The molecule has 0 aliphatic carbocycles. The van der Waals surface area contributed by atoms with Gasteiger partial charge in [-0.25, -0.2) is 0 Å². The molecule has 25 heavy (non-hydrogen) atoms. The van der Waals surface area contributed by atoms with Crippen LogP contribution in [0.15, 0.2) is 72.3 Å². The Morgan fingerprint density at radius 2 is 1.52 bits per heavy atom. The van der Waals surface area contributed by atoms with Gasteiger partial charge in [0.1, 0.15) is 7.14 Å². The molecule has 2 aromatic rings. The van der Waals surface area contributed by atoms with Gasteiger partial charge in [0.25, 0.3) is 0 Å². The summed E-state index contributed by atoms with van der Waals surface area (Å²) in [5, 5.41) is 12.0. The first-order chi connectivity index (χ1) is 12.1. The number of aliphatic hydroxyl groups excluding tert-OH is 1. The van der Waals surface area contributed by atoms with E-state index in [9.17, 15) is 9.67 Å². The van der Waals surface area contributed by atoms with Crippen molar-refractivity contribution < 1.29 is 9.67 Å². The van der Waals surface area contributed by atoms with Crippen LogP contribution in [0.1, 0.15) is 39.5 Å². The van der Waals surface area contributed by atoms with Crippen molar-refractivity contribution in [1.82, 2.24) is 0 Å². The van der Waals surface area contributed by atoms with Gasteiger partial charge in [0.2, 0.25) is 0 Å². The van der Waals surface area contributed by atoms with Crippen LogP contribution in [0.5, 0.6) is 0 Å². The predicted molar refractivity (Wildman–Crippen MR) is 109 cm³/mol. The van der Waals surface area contributed by atoms with Gasteiger partial charge in [-0.1, -0.05) is 98.5 Å². The summed E-state index contributed by atoms with van der Waals surface area (Å²) in [5.74, 6) is 0. The first-order valence-corrected chi connectivity index (χ1v) is 11.0. The zero-order valence-electron chi connectivity index (χ0n) is 15.3. The van der Waals surface area contributed by atoms with Crippen molar-refractivity contribution in [3.63, 3.8) is 0 Å². The lowest BCUT2D eigenvalue weighted by atomic mass is 10.1. The van der Waals surface area contributed by atoms with E-state index in [4.69, 9.17) is 0 Å². The first kappa shape index (κ1) is 19.7. The SMILES string of the molecule is CCCCC[C@H](O)/C=C(\C)CP(=O)(c1ccccc1)c1ccccc1. The summed E-state index contributed by atoms with van der Waals surface area (Å²) in [6.45, 7) is 4.13. The third-order valence-corrected chi connectivity index (χ3v) is 7.61. The molecular formula is C22H29O2P. The third-order valence-electron chi connectivity index (χ3n) is 4.40. The van der Waals surface area contributed by atoms with Crippen molar-refractivity contribution in [1.29, 1.82) is 0 Å². The van der Waals surface area contributed by atoms with Crippen LogP contribution < -0.4 is 10.6 Å². The van der Waals surface area contributed by atoms with Gasteiger partial charge >= 0.3 is 0 Å². The molecule has 1 atom stereocenters. The van der Waals surface area contributed by atoms with E-state index in [0.717, 1.165) is 41.9 Å². The quantitative estimate of drug-likeness (QED) is 0.395. The number of allylic oxidation sites excluding steroid dienone is 1. The number of benzene rings is 2. The molecule has 0 unspecified atom stereocenters. The molecular weight excluding hydrogens is 327 g/mol. The zero-order valence-corrected chi connectivity index (χ0v) is 16.2. The van der Waals surface area contributed by atoms with E-state index in [1.165, 1.54) is 0 Å². The molecule has 2 rings (SSSR count). The molecule has 3 heteroatoms. The van der Waals surface area contributed by atoms with Gasteiger partial charge in [0.05, 0.1) is 6.10 Å². The molecule has 0 radical (unpaired) electrons. The Labute approximate surface area is 152 Å². The van der Waals surface area contributed by atoms with E-state index >= 15 is 0 Å². The lowest BCUT2D eigenvalue weighted by Crippen LogP contribution is -2.19. The lowest BCUT2D eigenvalue weighted by molar-refractivity contribution is 0.207. The van der Waals surface area contributed by atoms with Crippen LogP contribution >= 0.6 is 7.14 Å². The molecule has 0 aliphatic heterocycles. The maximum Gasteiger partial charge on any atom is 0.147 e. The molecule has 0 aromatic heterocycles. The van der Waals surface area contributed by atoms with E-state index in [-0.39, 0.29) is 0 Å². The normalized spacial score (nSPS) is 13.6. The first-order valence-electron chi connectivity index (χ1n) is 9.12. The van der Waals surface area contributed by atoms with E-state index < -0.39 is 13.2 Å². The Balaban J connectivity index is 2.24. The lowest BCUT2D eigenvalue weighted by Gasteiger charge is -2.20. The Morgan fingerprint density at radius 3 is 2.00 bits per heavy atom. The molecule has 0 aliphatic rings. The van der Waals surface area contributed by atoms with Gasteiger partial charge in [-0.05, 0) is 13.3 Å². The van der Waals surface area contributed by atoms with Crippen LogP contribution in [0.2, 0.25) is 0 Å². The van der Waals surface area contributed by atoms with E-state index in [2.05, 4.69) is 6.92 Å². The summed E-state index contributed by atoms with van der Waals surface area (Å²) in [5.41, 5.74) is 0.986. The van der Waals surface area contributed by atoms with Crippen LogP contribution in [0.3, 0.4) is 0 Å². The fourth-order valence-electron chi connectivity index (χ4n) is 3.09. The standard InChI is InChI=1S/C22H29O2P/c1-3-4-7-12-20(23)17-19(2)18-25(24,21-13-8-5-9-14-21)22-15-10-6-11-16-22/h5-6,8-11,13-17,20,23H,3-4,7,12,18H2,1-2H3/b19-17+/t20-/m0/s1. The molecule has 1 N–H and O–H groups in total.